The van der Waals surface area contributed by atoms with Gasteiger partial charge in [0.2, 0.25) is 0 Å². The second kappa shape index (κ2) is 17.9. The van der Waals surface area contributed by atoms with E-state index in [1.165, 1.54) is 0 Å². The van der Waals surface area contributed by atoms with Crippen LogP contribution in [0, 0.1) is 5.41 Å². The fraction of sp³-hybridized carbons (Fsp3) is 0.333. The zero-order valence-corrected chi connectivity index (χ0v) is 17.2. The van der Waals surface area contributed by atoms with Gasteiger partial charge in [-0.2, -0.15) is 0 Å². The summed E-state index contributed by atoms with van der Waals surface area (Å²) < 4.78 is 4.75. The van der Waals surface area contributed by atoms with Crippen LogP contribution in [0.15, 0.2) is 48.5 Å². The van der Waals surface area contributed by atoms with E-state index in [0.29, 0.717) is 30.0 Å². The van der Waals surface area contributed by atoms with E-state index in [1.54, 1.807) is 12.1 Å². The summed E-state index contributed by atoms with van der Waals surface area (Å²) in [6.07, 6.45) is 1.50. The number of aromatic nitrogens is 2. The molecule has 0 spiro atoms. The molecule has 0 saturated heterocycles. The van der Waals surface area contributed by atoms with Crippen molar-refractivity contribution in [2.75, 3.05) is 24.2 Å². The van der Waals surface area contributed by atoms with Crippen molar-refractivity contribution in [1.29, 1.82) is 5.41 Å². The Morgan fingerprint density at radius 3 is 1.90 bits per heavy atom. The Balaban J connectivity index is -0.000000343. The van der Waals surface area contributed by atoms with E-state index in [4.69, 9.17) is 21.6 Å². The lowest BCUT2D eigenvalue weighted by atomic mass is 10.3. The highest BCUT2D eigenvalue weighted by Gasteiger charge is 1.97. The predicted molar refractivity (Wildman–Crippen MR) is 139 cm³/mol. The van der Waals surface area contributed by atoms with Gasteiger partial charge in [0.05, 0.1) is 29.0 Å². The minimum absolute atomic E-state index is 0. The molecule has 6 nitrogen and oxygen atoms in total. The molecule has 0 aliphatic heterocycles. The normalized spacial score (nSPS) is 8.52. The third-order valence-corrected chi connectivity index (χ3v) is 3.89. The molecule has 0 bridgehead atoms. The minimum Gasteiger partial charge on any atom is -0.481 e. The van der Waals surface area contributed by atoms with Gasteiger partial charge in [-0.25, -0.2) is 4.98 Å². The summed E-state index contributed by atoms with van der Waals surface area (Å²) in [6.45, 7) is 2.47. The maximum absolute atomic E-state index is 6.89. The summed E-state index contributed by atoms with van der Waals surface area (Å²) in [7, 11) is 5.07. The number of hydrogen-bond donors (Lipinski definition) is 4. The van der Waals surface area contributed by atoms with Gasteiger partial charge in [-0.1, -0.05) is 46.5 Å². The van der Waals surface area contributed by atoms with Gasteiger partial charge in [-0.3, -0.25) is 5.41 Å². The fourth-order valence-electron chi connectivity index (χ4n) is 1.85. The van der Waals surface area contributed by atoms with Crippen LogP contribution in [-0.4, -0.2) is 28.6 Å². The Morgan fingerprint density at radius 2 is 1.52 bits per heavy atom. The van der Waals surface area contributed by atoms with Crippen LogP contribution < -0.4 is 11.5 Å². The molecule has 3 aromatic rings. The predicted octanol–water partition coefficient (Wildman–Crippen LogP) is 5.57. The first-order valence-electron chi connectivity index (χ1n) is 8.15. The molecule has 0 saturated carbocycles. The molecule has 0 radical (unpaired) electrons. The minimum atomic E-state index is 0. The molecule has 2 aromatic carbocycles. The van der Waals surface area contributed by atoms with E-state index < -0.39 is 0 Å². The van der Waals surface area contributed by atoms with Crippen molar-refractivity contribution in [1.82, 2.24) is 9.97 Å². The second-order valence-electron chi connectivity index (χ2n) is 5.09. The quantitative estimate of drug-likeness (QED) is 0.185. The summed E-state index contributed by atoms with van der Waals surface area (Å²) in [4.78, 5) is 7.57. The first-order chi connectivity index (χ1) is 12.5. The third-order valence-electron chi connectivity index (χ3n) is 3.13. The number of nitrogens with two attached hydrogens (primary N) is 2. The fourth-order valence-corrected chi connectivity index (χ4v) is 2.16. The van der Waals surface area contributed by atoms with Crippen LogP contribution in [0.5, 0.6) is 0 Å². The number of hydrogen-bond acceptors (Lipinski definition) is 5. The van der Waals surface area contributed by atoms with Crippen molar-refractivity contribution in [2.45, 2.75) is 35.4 Å². The molecule has 0 aliphatic rings. The summed E-state index contributed by atoms with van der Waals surface area (Å²) in [5, 5.41) is 6.89. The second-order valence-corrected chi connectivity index (χ2v) is 5.91. The van der Waals surface area contributed by atoms with E-state index in [0.717, 1.165) is 23.0 Å². The van der Waals surface area contributed by atoms with Gasteiger partial charge in [0.25, 0.3) is 0 Å². The molecular formula is C21H39N5OP2. The van der Waals surface area contributed by atoms with Gasteiger partial charge >= 0.3 is 0 Å². The highest BCUT2D eigenvalue weighted by Crippen LogP contribution is 2.11. The van der Waals surface area contributed by atoms with Gasteiger partial charge in [-0.05, 0) is 31.2 Å². The molecule has 8 heteroatoms. The highest BCUT2D eigenvalue weighted by molar-refractivity contribution is 7.18. The molecule has 0 aliphatic carbocycles. The summed E-state index contributed by atoms with van der Waals surface area (Å²) in [5.41, 5.74) is 14.2. The van der Waals surface area contributed by atoms with E-state index in [1.807, 2.05) is 43.3 Å². The number of nitrogens with one attached hydrogen (secondary N) is 2. The molecule has 1 heterocycles. The lowest BCUT2D eigenvalue weighted by Crippen LogP contribution is -2.02. The number of anilines is 2. The van der Waals surface area contributed by atoms with Crippen LogP contribution >= 0.6 is 18.5 Å². The Labute approximate surface area is 181 Å². The van der Waals surface area contributed by atoms with Crippen LogP contribution in [0.4, 0.5) is 11.4 Å². The van der Waals surface area contributed by atoms with Crippen LogP contribution in [-0.2, 0) is 10.9 Å². The van der Waals surface area contributed by atoms with Crippen LogP contribution in [0.1, 0.15) is 35.0 Å². The molecule has 3 rings (SSSR count). The average Bonchev–Trinajstić information content (AvgIpc) is 3.09. The van der Waals surface area contributed by atoms with Crippen molar-refractivity contribution < 1.29 is 4.74 Å². The largest absolute Gasteiger partial charge is 0.481 e. The topological polar surface area (TPSA) is 114 Å². The van der Waals surface area contributed by atoms with Crippen molar-refractivity contribution >= 4 is 46.8 Å². The molecular weight excluding hydrogens is 400 g/mol. The van der Waals surface area contributed by atoms with E-state index >= 15 is 0 Å². The Kier molecular flexibility index (Phi) is 19.5. The van der Waals surface area contributed by atoms with E-state index in [-0.39, 0.29) is 22.3 Å². The molecule has 29 heavy (non-hydrogen) atoms. The molecule has 0 amide bonds. The van der Waals surface area contributed by atoms with Gasteiger partial charge in [0, 0.05) is 12.3 Å². The lowest BCUT2D eigenvalue weighted by molar-refractivity contribution is 0.322. The van der Waals surface area contributed by atoms with Crippen molar-refractivity contribution in [3.8, 4) is 0 Å². The SMILES string of the molecule is C.C.C.CCOC(=N)CP.Nc1ccccc1N.PCc1nc2ccccc2[nH]1. The van der Waals surface area contributed by atoms with Gasteiger partial charge in [0.1, 0.15) is 5.82 Å². The zero-order valence-electron chi connectivity index (χ0n) is 14.9. The number of para-hydroxylation sites is 4. The standard InChI is InChI=1S/C8H9N2P.C6H8N2.C4H10NOP.3CH4/c11-5-8-9-6-3-1-2-4-7(6)10-8;7-5-3-1-2-4-6(5)8;1-2-6-4(5)3-7;;;/h1-4H,5,11H2,(H,9,10);1-4H,7-8H2;5H,2-3,7H2,1H3;3*1H4. The number of nitrogens with zero attached hydrogens (tertiary/aromatic N) is 1. The number of aromatic amines is 1. The van der Waals surface area contributed by atoms with Gasteiger partial charge in [-0.15, -0.1) is 18.5 Å². The molecule has 2 unspecified atom stereocenters. The van der Waals surface area contributed by atoms with Crippen molar-refractivity contribution in [3.05, 3.63) is 54.4 Å². The number of nitrogen functional groups attached to an aromatic ring is 2. The van der Waals surface area contributed by atoms with Gasteiger partial charge < -0.3 is 21.2 Å². The summed E-state index contributed by atoms with van der Waals surface area (Å²) in [5.74, 6) is 1.36. The average molecular weight is 440 g/mol. The van der Waals surface area contributed by atoms with Gasteiger partial charge in [0.15, 0.2) is 5.90 Å². The number of imidazole rings is 1. The number of benzene rings is 2. The molecule has 164 valence electrons. The first kappa shape index (κ1) is 31.5. The highest BCUT2D eigenvalue weighted by atomic mass is 31.0. The Hall–Kier alpha value is -2.16. The summed E-state index contributed by atoms with van der Waals surface area (Å²) in [6, 6.07) is 15.3. The molecule has 6 N–H and O–H groups in total. The maximum atomic E-state index is 6.89. The number of ether oxygens (including phenoxy) is 1. The lowest BCUT2D eigenvalue weighted by Gasteiger charge is -1.97. The Morgan fingerprint density at radius 1 is 1.00 bits per heavy atom. The third kappa shape index (κ3) is 12.1. The van der Waals surface area contributed by atoms with Crippen LogP contribution in [0.2, 0.25) is 0 Å². The molecule has 2 atom stereocenters. The van der Waals surface area contributed by atoms with E-state index in [9.17, 15) is 0 Å². The van der Waals surface area contributed by atoms with E-state index in [2.05, 4.69) is 28.4 Å². The summed E-state index contributed by atoms with van der Waals surface area (Å²) >= 11 is 0. The maximum Gasteiger partial charge on any atom is 0.184 e. The first-order valence-corrected chi connectivity index (χ1v) is 9.79. The molecule has 0 fully saturated rings. The van der Waals surface area contributed by atoms with Crippen LogP contribution in [0.25, 0.3) is 11.0 Å². The zero-order chi connectivity index (χ0) is 19.4. The number of fused-ring (bicyclic) bond motifs is 1. The molecule has 1 aromatic heterocycles. The Bertz CT molecular complexity index is 754. The number of rotatable bonds is 3. The monoisotopic (exact) mass is 439 g/mol. The van der Waals surface area contributed by atoms with Crippen molar-refractivity contribution in [2.24, 2.45) is 0 Å². The smallest absolute Gasteiger partial charge is 0.184 e. The van der Waals surface area contributed by atoms with Crippen molar-refractivity contribution in [3.63, 3.8) is 0 Å². The van der Waals surface area contributed by atoms with Crippen LogP contribution in [0.3, 0.4) is 0 Å². The number of H-pyrrole nitrogens is 1.